The Labute approximate surface area is 183 Å². The normalized spacial score (nSPS) is 15.7. The van der Waals surface area contributed by atoms with Crippen molar-refractivity contribution in [2.45, 2.75) is 36.5 Å². The molecule has 3 rings (SSSR count). The van der Waals surface area contributed by atoms with Gasteiger partial charge in [-0.3, -0.25) is 14.5 Å². The Morgan fingerprint density at radius 2 is 1.84 bits per heavy atom. The molecule has 0 atom stereocenters. The molecule has 2 aromatic rings. The summed E-state index contributed by atoms with van der Waals surface area (Å²) in [6, 6.07) is 8.80. The van der Waals surface area contributed by atoms with Crippen LogP contribution in [-0.2, 0) is 14.6 Å². The second kappa shape index (κ2) is 9.84. The summed E-state index contributed by atoms with van der Waals surface area (Å²) in [6.07, 6.45) is 1.33. The zero-order chi connectivity index (χ0) is 22.6. The molecule has 11 heteroatoms. The van der Waals surface area contributed by atoms with Crippen LogP contribution in [0.25, 0.3) is 0 Å². The molecule has 7 nitrogen and oxygen atoms in total. The third-order valence-corrected chi connectivity index (χ3v) is 7.39. The van der Waals surface area contributed by atoms with Gasteiger partial charge in [-0.05, 0) is 44.0 Å². The number of carbonyl (C=O) groups is 2. The first kappa shape index (κ1) is 23.3. The van der Waals surface area contributed by atoms with E-state index in [2.05, 4.69) is 10.6 Å². The highest BCUT2D eigenvalue weighted by molar-refractivity contribution is 7.91. The fraction of sp³-hybridized carbons (Fsp3) is 0.400. The van der Waals surface area contributed by atoms with Crippen molar-refractivity contribution >= 4 is 38.7 Å². The number of hydrogen-bond acceptors (Lipinski definition) is 6. The van der Waals surface area contributed by atoms with Gasteiger partial charge in [0.1, 0.15) is 0 Å². The van der Waals surface area contributed by atoms with E-state index in [1.54, 1.807) is 6.07 Å². The van der Waals surface area contributed by atoms with Crippen molar-refractivity contribution in [1.82, 2.24) is 10.2 Å². The standard InChI is InChI=1S/C20H23F2N3O4S2/c1-13-6-7-16(30-13)19(27)23-14-8-10-25(11-9-14)12-18(26)24-15-4-2-3-5-17(15)31(28,29)20(21)22/h2-7,14,20H,8-12H2,1H3,(H,23,27)(H,24,26). The van der Waals surface area contributed by atoms with Crippen LogP contribution in [-0.4, -0.2) is 56.6 Å². The molecule has 1 fully saturated rings. The predicted octanol–water partition coefficient (Wildman–Crippen LogP) is 2.89. The molecule has 2 heterocycles. The highest BCUT2D eigenvalue weighted by Crippen LogP contribution is 2.26. The smallest absolute Gasteiger partial charge is 0.341 e. The van der Waals surface area contributed by atoms with Crippen LogP contribution in [0.15, 0.2) is 41.3 Å². The number of amides is 2. The molecule has 0 radical (unpaired) electrons. The van der Waals surface area contributed by atoms with Crippen LogP contribution in [0.1, 0.15) is 27.4 Å². The van der Waals surface area contributed by atoms with Gasteiger partial charge < -0.3 is 10.6 Å². The summed E-state index contributed by atoms with van der Waals surface area (Å²) in [5.74, 6) is -4.17. The van der Waals surface area contributed by atoms with Crippen molar-refractivity contribution in [3.8, 4) is 0 Å². The first-order valence-corrected chi connectivity index (χ1v) is 12.0. The van der Waals surface area contributed by atoms with Crippen molar-refractivity contribution in [2.75, 3.05) is 25.0 Å². The van der Waals surface area contributed by atoms with Crippen molar-refractivity contribution < 1.29 is 26.8 Å². The molecule has 1 aliphatic rings. The van der Waals surface area contributed by atoms with Gasteiger partial charge in [0.2, 0.25) is 15.7 Å². The monoisotopic (exact) mass is 471 g/mol. The van der Waals surface area contributed by atoms with E-state index >= 15 is 0 Å². The summed E-state index contributed by atoms with van der Waals surface area (Å²) in [7, 11) is -4.83. The van der Waals surface area contributed by atoms with Crippen LogP contribution in [0.3, 0.4) is 0 Å². The highest BCUT2D eigenvalue weighted by atomic mass is 32.2. The van der Waals surface area contributed by atoms with Gasteiger partial charge in [0.15, 0.2) is 0 Å². The molecule has 1 aliphatic heterocycles. The molecule has 168 valence electrons. The van der Waals surface area contributed by atoms with Crippen molar-refractivity contribution in [2.24, 2.45) is 0 Å². The van der Waals surface area contributed by atoms with Gasteiger partial charge in [0.05, 0.1) is 22.0 Å². The Hall–Kier alpha value is -2.37. The van der Waals surface area contributed by atoms with Gasteiger partial charge in [-0.15, -0.1) is 11.3 Å². The third kappa shape index (κ3) is 5.86. The van der Waals surface area contributed by atoms with Crippen LogP contribution >= 0.6 is 11.3 Å². The average molecular weight is 472 g/mol. The lowest BCUT2D eigenvalue weighted by Crippen LogP contribution is -2.46. The third-order valence-electron chi connectivity index (χ3n) is 4.96. The lowest BCUT2D eigenvalue weighted by Gasteiger charge is -2.31. The van der Waals surface area contributed by atoms with E-state index < -0.39 is 26.4 Å². The van der Waals surface area contributed by atoms with Gasteiger partial charge in [-0.2, -0.15) is 8.78 Å². The van der Waals surface area contributed by atoms with E-state index in [1.807, 2.05) is 17.9 Å². The minimum Gasteiger partial charge on any atom is -0.349 e. The summed E-state index contributed by atoms with van der Waals surface area (Å²) >= 11 is 1.43. The second-order valence-electron chi connectivity index (χ2n) is 7.28. The van der Waals surface area contributed by atoms with Crippen LogP contribution in [0.4, 0.5) is 14.5 Å². The SMILES string of the molecule is Cc1ccc(C(=O)NC2CCN(CC(=O)Nc3ccccc3S(=O)(=O)C(F)F)CC2)s1. The number of aryl methyl sites for hydroxylation is 1. The van der Waals surface area contributed by atoms with Crippen LogP contribution in [0, 0.1) is 6.92 Å². The molecule has 1 saturated heterocycles. The molecule has 1 aromatic heterocycles. The van der Waals surface area contributed by atoms with Crippen molar-refractivity contribution in [1.29, 1.82) is 0 Å². The Morgan fingerprint density at radius 1 is 1.16 bits per heavy atom. The number of carbonyl (C=O) groups excluding carboxylic acids is 2. The largest absolute Gasteiger partial charge is 0.349 e. The van der Waals surface area contributed by atoms with E-state index in [0.29, 0.717) is 30.8 Å². The molecule has 0 unspecified atom stereocenters. The summed E-state index contributed by atoms with van der Waals surface area (Å²) in [6.45, 7) is 3.07. The molecule has 2 N–H and O–H groups in total. The Morgan fingerprint density at radius 3 is 2.45 bits per heavy atom. The maximum absolute atomic E-state index is 12.9. The number of sulfone groups is 1. The Kier molecular flexibility index (Phi) is 7.39. The highest BCUT2D eigenvalue weighted by Gasteiger charge is 2.30. The van der Waals surface area contributed by atoms with E-state index in [4.69, 9.17) is 0 Å². The average Bonchev–Trinajstić information content (AvgIpc) is 3.16. The number of para-hydroxylation sites is 1. The van der Waals surface area contributed by atoms with E-state index in [1.165, 1.54) is 29.5 Å². The first-order chi connectivity index (χ1) is 14.7. The lowest BCUT2D eigenvalue weighted by molar-refractivity contribution is -0.117. The molecule has 0 spiro atoms. The molecular weight excluding hydrogens is 448 g/mol. The zero-order valence-electron chi connectivity index (χ0n) is 16.8. The van der Waals surface area contributed by atoms with Gasteiger partial charge >= 0.3 is 5.76 Å². The summed E-state index contributed by atoms with van der Waals surface area (Å²) in [5.41, 5.74) is -0.166. The molecule has 0 saturated carbocycles. The number of likely N-dealkylation sites (tertiary alicyclic amines) is 1. The first-order valence-electron chi connectivity index (χ1n) is 9.67. The van der Waals surface area contributed by atoms with Gasteiger partial charge in [0.25, 0.3) is 5.91 Å². The number of anilines is 1. The fourth-order valence-corrected chi connectivity index (χ4v) is 5.01. The topological polar surface area (TPSA) is 95.6 Å². The molecular formula is C20H23F2N3O4S2. The molecule has 31 heavy (non-hydrogen) atoms. The predicted molar refractivity (Wildman–Crippen MR) is 114 cm³/mol. The number of benzene rings is 1. The number of hydrogen-bond donors (Lipinski definition) is 2. The Balaban J connectivity index is 1.51. The Bertz CT molecular complexity index is 1050. The lowest BCUT2D eigenvalue weighted by atomic mass is 10.0. The van der Waals surface area contributed by atoms with Crippen molar-refractivity contribution in [3.63, 3.8) is 0 Å². The minimum atomic E-state index is -4.83. The van der Waals surface area contributed by atoms with E-state index in [0.717, 1.165) is 10.9 Å². The maximum atomic E-state index is 12.9. The summed E-state index contributed by atoms with van der Waals surface area (Å²) in [5, 5.41) is 5.43. The summed E-state index contributed by atoms with van der Waals surface area (Å²) < 4.78 is 49.4. The molecule has 1 aromatic carbocycles. The van der Waals surface area contributed by atoms with E-state index in [9.17, 15) is 26.8 Å². The molecule has 0 bridgehead atoms. The fourth-order valence-electron chi connectivity index (χ4n) is 3.36. The number of halogens is 2. The van der Waals surface area contributed by atoms with Gasteiger partial charge in [-0.1, -0.05) is 12.1 Å². The number of piperidine rings is 1. The number of rotatable bonds is 7. The second-order valence-corrected chi connectivity index (χ2v) is 10.5. The van der Waals surface area contributed by atoms with Crippen molar-refractivity contribution in [3.05, 3.63) is 46.2 Å². The summed E-state index contributed by atoms with van der Waals surface area (Å²) in [4.78, 5) is 27.6. The quantitative estimate of drug-likeness (QED) is 0.648. The maximum Gasteiger partial charge on any atom is 0.341 e. The van der Waals surface area contributed by atoms with Crippen LogP contribution < -0.4 is 10.6 Å². The van der Waals surface area contributed by atoms with Crippen LogP contribution in [0.5, 0.6) is 0 Å². The molecule has 2 amide bonds. The number of alkyl halides is 2. The zero-order valence-corrected chi connectivity index (χ0v) is 18.4. The number of nitrogens with one attached hydrogen (secondary N) is 2. The van der Waals surface area contributed by atoms with Gasteiger partial charge in [-0.25, -0.2) is 8.42 Å². The number of thiophene rings is 1. The molecule has 0 aliphatic carbocycles. The minimum absolute atomic E-state index is 0.00567. The van der Waals surface area contributed by atoms with E-state index in [-0.39, 0.29) is 24.2 Å². The van der Waals surface area contributed by atoms with Gasteiger partial charge in [0, 0.05) is 24.0 Å². The number of nitrogens with zero attached hydrogens (tertiary/aromatic N) is 1. The van der Waals surface area contributed by atoms with Crippen LogP contribution in [0.2, 0.25) is 0 Å².